The monoisotopic (exact) mass is 313 g/mol. The molecule has 1 unspecified atom stereocenters. The lowest BCUT2D eigenvalue weighted by atomic mass is 10.1. The Hall–Kier alpha value is -1.27. The predicted molar refractivity (Wildman–Crippen MR) is 81.3 cm³/mol. The van der Waals surface area contributed by atoms with E-state index in [2.05, 4.69) is 15.1 Å². The standard InChI is InChI=1S/C16H22F3N3/c1-2-22-14(11-21-7-5-20-6-8-21)9-12-3-4-13(10-15(12)22)16(17,18)19/h3-4,10,14,20H,2,5-9,11H2,1H3. The molecule has 1 aromatic carbocycles. The van der Waals surface area contributed by atoms with Crippen LogP contribution >= 0.6 is 0 Å². The zero-order valence-corrected chi connectivity index (χ0v) is 12.8. The molecule has 0 aliphatic carbocycles. The Bertz CT molecular complexity index is 524. The van der Waals surface area contributed by atoms with E-state index in [1.165, 1.54) is 12.1 Å². The van der Waals surface area contributed by atoms with Crippen LogP contribution in [-0.2, 0) is 12.6 Å². The SMILES string of the molecule is CCN1c2cc(C(F)(F)F)ccc2CC1CN1CCNCC1. The number of halogens is 3. The van der Waals surface area contributed by atoms with E-state index in [0.29, 0.717) is 0 Å². The number of rotatable bonds is 3. The fourth-order valence-corrected chi connectivity index (χ4v) is 3.52. The molecule has 22 heavy (non-hydrogen) atoms. The second-order valence-electron chi connectivity index (χ2n) is 6.04. The Kier molecular flexibility index (Phi) is 4.32. The van der Waals surface area contributed by atoms with Crippen molar-refractivity contribution in [2.45, 2.75) is 25.6 Å². The number of alkyl halides is 3. The number of fused-ring (bicyclic) bond motifs is 1. The van der Waals surface area contributed by atoms with Crippen LogP contribution in [0.1, 0.15) is 18.1 Å². The van der Waals surface area contributed by atoms with E-state index in [1.54, 1.807) is 6.07 Å². The van der Waals surface area contributed by atoms with Gasteiger partial charge in [0.05, 0.1) is 5.56 Å². The maximum absolute atomic E-state index is 12.9. The van der Waals surface area contributed by atoms with Crippen LogP contribution in [0.25, 0.3) is 0 Å². The lowest BCUT2D eigenvalue weighted by Crippen LogP contribution is -2.49. The van der Waals surface area contributed by atoms with Gasteiger partial charge in [-0.1, -0.05) is 6.07 Å². The quantitative estimate of drug-likeness (QED) is 0.924. The highest BCUT2D eigenvalue weighted by Gasteiger charge is 2.35. The zero-order chi connectivity index (χ0) is 15.7. The van der Waals surface area contributed by atoms with Crippen LogP contribution in [0, 0.1) is 0 Å². The zero-order valence-electron chi connectivity index (χ0n) is 12.8. The van der Waals surface area contributed by atoms with Crippen molar-refractivity contribution >= 4 is 5.69 Å². The van der Waals surface area contributed by atoms with E-state index >= 15 is 0 Å². The van der Waals surface area contributed by atoms with Crippen LogP contribution in [0.15, 0.2) is 18.2 Å². The van der Waals surface area contributed by atoms with Gasteiger partial charge in [-0.05, 0) is 31.0 Å². The van der Waals surface area contributed by atoms with Gasteiger partial charge in [0.2, 0.25) is 0 Å². The summed E-state index contributed by atoms with van der Waals surface area (Å²) in [4.78, 5) is 4.53. The van der Waals surface area contributed by atoms with Crippen LogP contribution in [-0.4, -0.2) is 50.2 Å². The molecule has 1 saturated heterocycles. The number of hydrogen-bond donors (Lipinski definition) is 1. The Morgan fingerprint density at radius 2 is 1.95 bits per heavy atom. The lowest BCUT2D eigenvalue weighted by molar-refractivity contribution is -0.137. The summed E-state index contributed by atoms with van der Waals surface area (Å²) < 4.78 is 38.8. The molecule has 0 aromatic heterocycles. The van der Waals surface area contributed by atoms with Crippen LogP contribution in [0.5, 0.6) is 0 Å². The first-order valence-electron chi connectivity index (χ1n) is 7.89. The molecule has 0 bridgehead atoms. The highest BCUT2D eigenvalue weighted by Crippen LogP contribution is 2.38. The molecule has 1 fully saturated rings. The second-order valence-corrected chi connectivity index (χ2v) is 6.04. The molecule has 2 aliphatic heterocycles. The fourth-order valence-electron chi connectivity index (χ4n) is 3.52. The van der Waals surface area contributed by atoms with Crippen LogP contribution in [0.4, 0.5) is 18.9 Å². The number of nitrogens with zero attached hydrogens (tertiary/aromatic N) is 2. The van der Waals surface area contributed by atoms with Gasteiger partial charge in [-0.25, -0.2) is 0 Å². The molecule has 0 spiro atoms. The largest absolute Gasteiger partial charge is 0.416 e. The average Bonchev–Trinajstić information content (AvgIpc) is 2.83. The van der Waals surface area contributed by atoms with Crippen molar-refractivity contribution in [3.63, 3.8) is 0 Å². The van der Waals surface area contributed by atoms with Gasteiger partial charge in [0, 0.05) is 51.0 Å². The van der Waals surface area contributed by atoms with E-state index in [4.69, 9.17) is 0 Å². The Morgan fingerprint density at radius 1 is 1.23 bits per heavy atom. The highest BCUT2D eigenvalue weighted by atomic mass is 19.4. The fraction of sp³-hybridized carbons (Fsp3) is 0.625. The van der Waals surface area contributed by atoms with Gasteiger partial charge in [-0.2, -0.15) is 13.2 Å². The maximum atomic E-state index is 12.9. The molecule has 1 atom stereocenters. The van der Waals surface area contributed by atoms with Gasteiger partial charge in [-0.15, -0.1) is 0 Å². The van der Waals surface area contributed by atoms with Gasteiger partial charge in [0.15, 0.2) is 0 Å². The van der Waals surface area contributed by atoms with Gasteiger partial charge in [0.25, 0.3) is 0 Å². The van der Waals surface area contributed by atoms with Crippen LogP contribution in [0.2, 0.25) is 0 Å². The van der Waals surface area contributed by atoms with Crippen LogP contribution in [0.3, 0.4) is 0 Å². The molecular formula is C16H22F3N3. The van der Waals surface area contributed by atoms with Crippen molar-refractivity contribution in [2.24, 2.45) is 0 Å². The van der Waals surface area contributed by atoms with Crippen molar-refractivity contribution in [3.05, 3.63) is 29.3 Å². The van der Waals surface area contributed by atoms with E-state index in [1.807, 2.05) is 6.92 Å². The first-order valence-corrected chi connectivity index (χ1v) is 7.89. The summed E-state index contributed by atoms with van der Waals surface area (Å²) in [6.45, 7) is 7.68. The summed E-state index contributed by atoms with van der Waals surface area (Å²) in [6, 6.07) is 4.45. The molecule has 1 N–H and O–H groups in total. The molecule has 2 aliphatic rings. The number of piperazine rings is 1. The lowest BCUT2D eigenvalue weighted by Gasteiger charge is -2.34. The number of anilines is 1. The third-order valence-electron chi connectivity index (χ3n) is 4.64. The van der Waals surface area contributed by atoms with Crippen molar-refractivity contribution < 1.29 is 13.2 Å². The third kappa shape index (κ3) is 3.08. The van der Waals surface area contributed by atoms with Crippen molar-refractivity contribution in [3.8, 4) is 0 Å². The minimum atomic E-state index is -4.27. The van der Waals surface area contributed by atoms with Gasteiger partial charge in [-0.3, -0.25) is 4.90 Å². The average molecular weight is 313 g/mol. The van der Waals surface area contributed by atoms with Crippen LogP contribution < -0.4 is 10.2 Å². The summed E-state index contributed by atoms with van der Waals surface area (Å²) >= 11 is 0. The molecule has 1 aromatic rings. The molecule has 2 heterocycles. The normalized spacial score (nSPS) is 22.9. The Balaban J connectivity index is 1.78. The summed E-state index contributed by atoms with van der Waals surface area (Å²) in [5.41, 5.74) is 1.25. The molecule has 6 heteroatoms. The summed E-state index contributed by atoms with van der Waals surface area (Å²) in [5, 5.41) is 3.33. The number of benzene rings is 1. The highest BCUT2D eigenvalue weighted by molar-refractivity contribution is 5.61. The summed E-state index contributed by atoms with van der Waals surface area (Å²) in [5.74, 6) is 0. The predicted octanol–water partition coefficient (Wildman–Crippen LogP) is 2.36. The molecule has 0 amide bonds. The molecule has 0 saturated carbocycles. The van der Waals surface area contributed by atoms with E-state index in [9.17, 15) is 13.2 Å². The molecule has 122 valence electrons. The summed E-state index contributed by atoms with van der Waals surface area (Å²) in [7, 11) is 0. The van der Waals surface area contributed by atoms with Gasteiger partial charge >= 0.3 is 6.18 Å². The molecule has 3 nitrogen and oxygen atoms in total. The first-order chi connectivity index (χ1) is 10.5. The third-order valence-corrected chi connectivity index (χ3v) is 4.64. The van der Waals surface area contributed by atoms with Gasteiger partial charge < -0.3 is 10.2 Å². The minimum absolute atomic E-state index is 0.279. The van der Waals surface area contributed by atoms with Gasteiger partial charge in [0.1, 0.15) is 0 Å². The smallest absolute Gasteiger partial charge is 0.367 e. The number of hydrogen-bond acceptors (Lipinski definition) is 3. The van der Waals surface area contributed by atoms with Crippen molar-refractivity contribution in [2.75, 3.05) is 44.2 Å². The molecule has 0 radical (unpaired) electrons. The van der Waals surface area contributed by atoms with E-state index < -0.39 is 11.7 Å². The van der Waals surface area contributed by atoms with E-state index in [0.717, 1.165) is 56.9 Å². The second kappa shape index (κ2) is 6.08. The minimum Gasteiger partial charge on any atom is -0.367 e. The topological polar surface area (TPSA) is 18.5 Å². The Morgan fingerprint density at radius 3 is 2.59 bits per heavy atom. The molecular weight excluding hydrogens is 291 g/mol. The first kappa shape index (κ1) is 15.6. The summed E-state index contributed by atoms with van der Waals surface area (Å²) in [6.07, 6.45) is -3.43. The maximum Gasteiger partial charge on any atom is 0.416 e. The van der Waals surface area contributed by atoms with Crippen molar-refractivity contribution in [1.29, 1.82) is 0 Å². The number of nitrogens with one attached hydrogen (secondary N) is 1. The number of likely N-dealkylation sites (N-methyl/N-ethyl adjacent to an activating group) is 1. The Labute approximate surface area is 129 Å². The molecule has 3 rings (SSSR count). The van der Waals surface area contributed by atoms with Crippen molar-refractivity contribution in [1.82, 2.24) is 10.2 Å². The van der Waals surface area contributed by atoms with E-state index in [-0.39, 0.29) is 6.04 Å².